The van der Waals surface area contributed by atoms with Crippen LogP contribution in [0.5, 0.6) is 0 Å². The van der Waals surface area contributed by atoms with Gasteiger partial charge in [0.05, 0.1) is 11.4 Å². The van der Waals surface area contributed by atoms with Crippen molar-refractivity contribution in [3.05, 3.63) is 35.0 Å². The Morgan fingerprint density at radius 1 is 1.07 bits per heavy atom. The lowest BCUT2D eigenvalue weighted by Gasteiger charge is -2.35. The third-order valence-electron chi connectivity index (χ3n) is 6.29. The summed E-state index contributed by atoms with van der Waals surface area (Å²) in [7, 11) is 0. The molecule has 30 heavy (non-hydrogen) atoms. The number of aromatic nitrogens is 2. The normalized spacial score (nSPS) is 17.9. The van der Waals surface area contributed by atoms with Gasteiger partial charge in [-0.3, -0.25) is 14.6 Å². The van der Waals surface area contributed by atoms with E-state index in [9.17, 15) is 9.59 Å². The molecule has 0 bridgehead atoms. The molecule has 1 aliphatic carbocycles. The first kappa shape index (κ1) is 21.0. The van der Waals surface area contributed by atoms with Gasteiger partial charge >= 0.3 is 0 Å². The Morgan fingerprint density at radius 3 is 2.50 bits per heavy atom. The number of aryl methyl sites for hydroxylation is 1. The number of piperazine rings is 1. The highest BCUT2D eigenvalue weighted by Crippen LogP contribution is 2.29. The molecule has 0 spiro atoms. The van der Waals surface area contributed by atoms with Gasteiger partial charge in [0.25, 0.3) is 5.91 Å². The van der Waals surface area contributed by atoms with Crippen LogP contribution in [0.3, 0.4) is 0 Å². The number of hydrogen-bond donors (Lipinski definition) is 0. The van der Waals surface area contributed by atoms with Gasteiger partial charge in [-0.2, -0.15) is 0 Å². The highest BCUT2D eigenvalue weighted by atomic mass is 32.1. The van der Waals surface area contributed by atoms with Gasteiger partial charge in [0.15, 0.2) is 0 Å². The monoisotopic (exact) mass is 426 g/mol. The zero-order chi connectivity index (χ0) is 20.9. The quantitative estimate of drug-likeness (QED) is 0.720. The molecule has 6 nitrogen and oxygen atoms in total. The average Bonchev–Trinajstić information content (AvgIpc) is 3.20. The van der Waals surface area contributed by atoms with Gasteiger partial charge in [0.1, 0.15) is 9.88 Å². The number of pyridine rings is 1. The fourth-order valence-corrected chi connectivity index (χ4v) is 5.47. The van der Waals surface area contributed by atoms with Crippen LogP contribution in [0.1, 0.15) is 60.3 Å². The van der Waals surface area contributed by atoms with E-state index in [4.69, 9.17) is 0 Å². The van der Waals surface area contributed by atoms with Crippen molar-refractivity contribution in [2.75, 3.05) is 26.2 Å². The molecule has 4 rings (SSSR count). The number of carbonyl (C=O) groups excluding carboxylic acids is 2. The van der Waals surface area contributed by atoms with Crippen LogP contribution in [0.2, 0.25) is 0 Å². The molecule has 160 valence electrons. The lowest BCUT2D eigenvalue weighted by Crippen LogP contribution is -2.50. The maximum atomic E-state index is 13.0. The maximum absolute atomic E-state index is 13.0. The minimum absolute atomic E-state index is 0.0153. The van der Waals surface area contributed by atoms with Crippen LogP contribution in [0.15, 0.2) is 24.4 Å². The number of carbonyl (C=O) groups is 2. The predicted molar refractivity (Wildman–Crippen MR) is 118 cm³/mol. The first-order valence-corrected chi connectivity index (χ1v) is 11.9. The number of amides is 2. The summed E-state index contributed by atoms with van der Waals surface area (Å²) in [5, 5.41) is 0.771. The number of hydrogen-bond acceptors (Lipinski definition) is 5. The van der Waals surface area contributed by atoms with E-state index in [1.54, 1.807) is 6.20 Å². The highest BCUT2D eigenvalue weighted by molar-refractivity contribution is 7.17. The van der Waals surface area contributed by atoms with E-state index in [0.717, 1.165) is 28.7 Å². The third kappa shape index (κ3) is 4.89. The summed E-state index contributed by atoms with van der Waals surface area (Å²) in [4.78, 5) is 39.0. The minimum Gasteiger partial charge on any atom is -0.339 e. The van der Waals surface area contributed by atoms with Crippen LogP contribution < -0.4 is 0 Å². The molecule has 0 N–H and O–H groups in total. The van der Waals surface area contributed by atoms with Crippen LogP contribution in [0, 0.1) is 12.8 Å². The second-order valence-corrected chi connectivity index (χ2v) is 9.36. The van der Waals surface area contributed by atoms with Gasteiger partial charge in [-0.15, -0.1) is 11.3 Å². The van der Waals surface area contributed by atoms with Crippen LogP contribution in [-0.2, 0) is 4.79 Å². The summed E-state index contributed by atoms with van der Waals surface area (Å²) in [6, 6.07) is 5.70. The predicted octanol–water partition coefficient (Wildman–Crippen LogP) is 4.16. The fraction of sp³-hybridized carbons (Fsp3) is 0.565. The Labute approximate surface area is 182 Å². The van der Waals surface area contributed by atoms with E-state index in [1.165, 1.54) is 43.4 Å². The van der Waals surface area contributed by atoms with E-state index in [1.807, 2.05) is 34.9 Å². The molecule has 7 heteroatoms. The standard InChI is InChI=1S/C23H30N4O2S/c1-17-21(30-22(25-17)19-9-5-6-12-24-19)23(29)27-15-13-26(14-16-27)20(28)11-10-18-7-3-2-4-8-18/h5-6,9,12,18H,2-4,7-8,10-11,13-16H2,1H3. The molecule has 2 amide bonds. The third-order valence-corrected chi connectivity index (χ3v) is 7.45. The Bertz CT molecular complexity index is 869. The average molecular weight is 427 g/mol. The topological polar surface area (TPSA) is 66.4 Å². The smallest absolute Gasteiger partial charge is 0.265 e. The van der Waals surface area contributed by atoms with Crippen molar-refractivity contribution in [2.45, 2.75) is 51.9 Å². The zero-order valence-electron chi connectivity index (χ0n) is 17.7. The second-order valence-electron chi connectivity index (χ2n) is 8.36. The summed E-state index contributed by atoms with van der Waals surface area (Å²) in [6.45, 7) is 4.30. The van der Waals surface area contributed by atoms with Crippen molar-refractivity contribution in [1.82, 2.24) is 19.8 Å². The lowest BCUT2D eigenvalue weighted by molar-refractivity contribution is -0.133. The number of thiazole rings is 1. The van der Waals surface area contributed by atoms with Crippen molar-refractivity contribution in [1.29, 1.82) is 0 Å². The highest BCUT2D eigenvalue weighted by Gasteiger charge is 2.28. The molecule has 2 aliphatic rings. The van der Waals surface area contributed by atoms with Gasteiger partial charge in [-0.1, -0.05) is 38.2 Å². The van der Waals surface area contributed by atoms with Gasteiger partial charge in [-0.05, 0) is 31.4 Å². The summed E-state index contributed by atoms with van der Waals surface area (Å²) in [5.41, 5.74) is 1.54. The summed E-state index contributed by atoms with van der Waals surface area (Å²) in [6.07, 6.45) is 9.96. The molecule has 0 unspecified atom stereocenters. The molecular formula is C23H30N4O2S. The molecule has 1 aliphatic heterocycles. The number of nitrogens with zero attached hydrogens (tertiary/aromatic N) is 4. The Kier molecular flexibility index (Phi) is 6.77. The van der Waals surface area contributed by atoms with Crippen molar-refractivity contribution < 1.29 is 9.59 Å². The molecule has 2 aromatic heterocycles. The Morgan fingerprint density at radius 2 is 1.80 bits per heavy atom. The fourth-order valence-electron chi connectivity index (χ4n) is 4.46. The first-order valence-electron chi connectivity index (χ1n) is 11.1. The van der Waals surface area contributed by atoms with Gasteiger partial charge < -0.3 is 9.80 Å². The molecule has 2 aromatic rings. The van der Waals surface area contributed by atoms with Gasteiger partial charge in [-0.25, -0.2) is 4.98 Å². The van der Waals surface area contributed by atoms with E-state index in [2.05, 4.69) is 9.97 Å². The SMILES string of the molecule is Cc1nc(-c2ccccn2)sc1C(=O)N1CCN(C(=O)CCC2CCCCC2)CC1. The number of rotatable bonds is 5. The van der Waals surface area contributed by atoms with E-state index < -0.39 is 0 Å². The first-order chi connectivity index (χ1) is 14.6. The largest absolute Gasteiger partial charge is 0.339 e. The molecule has 1 saturated carbocycles. The van der Waals surface area contributed by atoms with Crippen LogP contribution >= 0.6 is 11.3 Å². The molecule has 1 saturated heterocycles. The maximum Gasteiger partial charge on any atom is 0.265 e. The van der Waals surface area contributed by atoms with E-state index in [-0.39, 0.29) is 11.8 Å². The van der Waals surface area contributed by atoms with E-state index in [0.29, 0.717) is 37.5 Å². The van der Waals surface area contributed by atoms with Gasteiger partial charge in [0.2, 0.25) is 5.91 Å². The minimum atomic E-state index is 0.0153. The molecule has 3 heterocycles. The van der Waals surface area contributed by atoms with Gasteiger partial charge in [0, 0.05) is 38.8 Å². The van der Waals surface area contributed by atoms with Crippen LogP contribution in [0.4, 0.5) is 0 Å². The molecular weight excluding hydrogens is 396 g/mol. The van der Waals surface area contributed by atoms with Crippen LogP contribution in [0.25, 0.3) is 10.7 Å². The summed E-state index contributed by atoms with van der Waals surface area (Å²) in [5.74, 6) is 0.994. The second kappa shape index (κ2) is 9.69. The van der Waals surface area contributed by atoms with Crippen LogP contribution in [-0.4, -0.2) is 57.8 Å². The molecule has 0 radical (unpaired) electrons. The van der Waals surface area contributed by atoms with E-state index >= 15 is 0 Å². The Balaban J connectivity index is 1.30. The van der Waals surface area contributed by atoms with Crippen molar-refractivity contribution >= 4 is 23.2 Å². The lowest BCUT2D eigenvalue weighted by atomic mass is 9.86. The van der Waals surface area contributed by atoms with Crippen molar-refractivity contribution in [3.63, 3.8) is 0 Å². The molecule has 0 atom stereocenters. The summed E-state index contributed by atoms with van der Waals surface area (Å²) >= 11 is 1.40. The Hall–Kier alpha value is -2.28. The van der Waals surface area contributed by atoms with Crippen molar-refractivity contribution in [2.24, 2.45) is 5.92 Å². The summed E-state index contributed by atoms with van der Waals surface area (Å²) < 4.78 is 0. The molecule has 0 aromatic carbocycles. The zero-order valence-corrected chi connectivity index (χ0v) is 18.5. The molecule has 2 fully saturated rings. The van der Waals surface area contributed by atoms with Crippen molar-refractivity contribution in [3.8, 4) is 10.7 Å².